The second-order valence-electron chi connectivity index (χ2n) is 5.23. The quantitative estimate of drug-likeness (QED) is 0.890. The highest BCUT2D eigenvalue weighted by Crippen LogP contribution is 2.21. The van der Waals surface area contributed by atoms with E-state index in [1.54, 1.807) is 23.1 Å². The summed E-state index contributed by atoms with van der Waals surface area (Å²) in [5, 5.41) is 5.79. The molecule has 0 bridgehead atoms. The number of rotatable bonds is 4. The van der Waals surface area contributed by atoms with E-state index >= 15 is 0 Å². The Morgan fingerprint density at radius 2 is 2.05 bits per heavy atom. The lowest BCUT2D eigenvalue weighted by atomic mass is 9.94. The molecule has 1 aliphatic heterocycles. The van der Waals surface area contributed by atoms with E-state index in [1.165, 1.54) is 6.07 Å². The number of amides is 2. The number of carbonyl (C=O) groups is 1. The van der Waals surface area contributed by atoms with E-state index in [1.807, 2.05) is 7.05 Å². The van der Waals surface area contributed by atoms with Crippen molar-refractivity contribution in [3.63, 3.8) is 0 Å². The highest BCUT2D eigenvalue weighted by atomic mass is 19.1. The monoisotopic (exact) mass is 279 g/mol. The fraction of sp³-hybridized carbons (Fsp3) is 0.533. The first-order chi connectivity index (χ1) is 9.70. The number of piperidine rings is 1. The largest absolute Gasteiger partial charge is 0.325 e. The maximum absolute atomic E-state index is 13.5. The van der Waals surface area contributed by atoms with Gasteiger partial charge in [-0.1, -0.05) is 12.1 Å². The van der Waals surface area contributed by atoms with Crippen molar-refractivity contribution in [1.82, 2.24) is 10.2 Å². The molecule has 1 aromatic carbocycles. The summed E-state index contributed by atoms with van der Waals surface area (Å²) >= 11 is 0. The molecule has 1 saturated heterocycles. The number of hydrogen-bond acceptors (Lipinski definition) is 2. The van der Waals surface area contributed by atoms with Crippen LogP contribution in [0.5, 0.6) is 0 Å². The van der Waals surface area contributed by atoms with Gasteiger partial charge in [-0.15, -0.1) is 0 Å². The molecule has 0 saturated carbocycles. The topological polar surface area (TPSA) is 44.4 Å². The van der Waals surface area contributed by atoms with E-state index in [-0.39, 0.29) is 11.7 Å². The third-order valence-electron chi connectivity index (χ3n) is 3.82. The van der Waals surface area contributed by atoms with Gasteiger partial charge in [0.2, 0.25) is 0 Å². The molecule has 2 rings (SSSR count). The van der Waals surface area contributed by atoms with Gasteiger partial charge in [-0.25, -0.2) is 9.18 Å². The van der Waals surface area contributed by atoms with Crippen molar-refractivity contribution in [3.8, 4) is 0 Å². The van der Waals surface area contributed by atoms with Crippen LogP contribution in [0.4, 0.5) is 14.9 Å². The van der Waals surface area contributed by atoms with Crippen LogP contribution in [0.3, 0.4) is 0 Å². The van der Waals surface area contributed by atoms with Crippen LogP contribution < -0.4 is 10.6 Å². The molecule has 0 spiro atoms. The lowest BCUT2D eigenvalue weighted by Crippen LogP contribution is -2.41. The molecule has 4 nitrogen and oxygen atoms in total. The molecular formula is C15H22FN3O. The Balaban J connectivity index is 1.82. The zero-order valence-electron chi connectivity index (χ0n) is 11.9. The molecule has 0 aromatic heterocycles. The van der Waals surface area contributed by atoms with Gasteiger partial charge in [0.1, 0.15) is 5.82 Å². The molecule has 0 atom stereocenters. The smallest absolute Gasteiger partial charge is 0.321 e. The van der Waals surface area contributed by atoms with Crippen LogP contribution >= 0.6 is 0 Å². The van der Waals surface area contributed by atoms with Crippen molar-refractivity contribution < 1.29 is 9.18 Å². The minimum atomic E-state index is -0.398. The second-order valence-corrected chi connectivity index (χ2v) is 5.23. The Morgan fingerprint density at radius 1 is 1.35 bits per heavy atom. The number of carbonyl (C=O) groups excluding carboxylic acids is 1. The molecule has 20 heavy (non-hydrogen) atoms. The van der Waals surface area contributed by atoms with E-state index < -0.39 is 5.82 Å². The van der Waals surface area contributed by atoms with Gasteiger partial charge in [0.15, 0.2) is 0 Å². The maximum Gasteiger partial charge on any atom is 0.321 e. The lowest BCUT2D eigenvalue weighted by molar-refractivity contribution is 0.180. The fourth-order valence-electron chi connectivity index (χ4n) is 2.53. The van der Waals surface area contributed by atoms with E-state index in [4.69, 9.17) is 0 Å². The standard InChI is InChI=1S/C15H22FN3O/c1-17-9-6-12-7-10-19(11-8-12)15(20)18-14-5-3-2-4-13(14)16/h2-5,12,17H,6-11H2,1H3,(H,18,20). The third-order valence-corrected chi connectivity index (χ3v) is 3.82. The van der Waals surface area contributed by atoms with Gasteiger partial charge in [0.25, 0.3) is 0 Å². The average molecular weight is 279 g/mol. The molecule has 1 fully saturated rings. The Bertz CT molecular complexity index is 444. The Hall–Kier alpha value is -1.62. The van der Waals surface area contributed by atoms with E-state index in [0.717, 1.165) is 38.9 Å². The average Bonchev–Trinajstić information content (AvgIpc) is 2.48. The van der Waals surface area contributed by atoms with Crippen LogP contribution in [0.1, 0.15) is 19.3 Å². The first kappa shape index (κ1) is 14.8. The van der Waals surface area contributed by atoms with Gasteiger partial charge in [0.05, 0.1) is 5.69 Å². The van der Waals surface area contributed by atoms with Crippen molar-refractivity contribution in [1.29, 1.82) is 0 Å². The number of halogens is 1. The van der Waals surface area contributed by atoms with E-state index in [2.05, 4.69) is 10.6 Å². The minimum absolute atomic E-state index is 0.206. The zero-order chi connectivity index (χ0) is 14.4. The summed E-state index contributed by atoms with van der Waals surface area (Å²) in [4.78, 5) is 13.8. The number of hydrogen-bond donors (Lipinski definition) is 2. The number of urea groups is 1. The molecule has 110 valence electrons. The molecule has 1 aliphatic rings. The van der Waals surface area contributed by atoms with Gasteiger partial charge < -0.3 is 15.5 Å². The minimum Gasteiger partial charge on any atom is -0.325 e. The molecule has 0 radical (unpaired) electrons. The molecule has 1 aromatic rings. The Morgan fingerprint density at radius 3 is 2.70 bits per heavy atom. The normalized spacial score (nSPS) is 16.2. The van der Waals surface area contributed by atoms with Gasteiger partial charge in [-0.2, -0.15) is 0 Å². The van der Waals surface area contributed by atoms with Gasteiger partial charge in [-0.3, -0.25) is 0 Å². The SMILES string of the molecule is CNCCC1CCN(C(=O)Nc2ccccc2F)CC1. The van der Waals surface area contributed by atoms with Crippen molar-refractivity contribution in [2.24, 2.45) is 5.92 Å². The molecular weight excluding hydrogens is 257 g/mol. The summed E-state index contributed by atoms with van der Waals surface area (Å²) in [5.41, 5.74) is 0.245. The van der Waals surface area contributed by atoms with Crippen LogP contribution in [-0.4, -0.2) is 37.6 Å². The van der Waals surface area contributed by atoms with Gasteiger partial charge in [-0.05, 0) is 50.9 Å². The van der Waals surface area contributed by atoms with Crippen molar-refractivity contribution in [3.05, 3.63) is 30.1 Å². The molecule has 1 heterocycles. The van der Waals surface area contributed by atoms with Gasteiger partial charge >= 0.3 is 6.03 Å². The van der Waals surface area contributed by atoms with Crippen LogP contribution in [0.25, 0.3) is 0 Å². The van der Waals surface area contributed by atoms with Crippen LogP contribution in [0.15, 0.2) is 24.3 Å². The van der Waals surface area contributed by atoms with E-state index in [0.29, 0.717) is 5.92 Å². The third kappa shape index (κ3) is 3.93. The Kier molecular flexibility index (Phi) is 5.35. The summed E-state index contributed by atoms with van der Waals surface area (Å²) in [6.45, 7) is 2.51. The fourth-order valence-corrected chi connectivity index (χ4v) is 2.53. The Labute approximate surface area is 119 Å². The summed E-state index contributed by atoms with van der Waals surface area (Å²) < 4.78 is 13.5. The maximum atomic E-state index is 13.5. The van der Waals surface area contributed by atoms with Crippen LogP contribution in [0, 0.1) is 11.7 Å². The predicted octanol–water partition coefficient (Wildman–Crippen LogP) is 2.68. The zero-order valence-corrected chi connectivity index (χ0v) is 11.9. The molecule has 5 heteroatoms. The van der Waals surface area contributed by atoms with Crippen LogP contribution in [0.2, 0.25) is 0 Å². The predicted molar refractivity (Wildman–Crippen MR) is 78.3 cm³/mol. The van der Waals surface area contributed by atoms with Crippen molar-refractivity contribution >= 4 is 11.7 Å². The molecule has 0 unspecified atom stereocenters. The van der Waals surface area contributed by atoms with Gasteiger partial charge in [0, 0.05) is 13.1 Å². The number of likely N-dealkylation sites (tertiary alicyclic amines) is 1. The molecule has 2 N–H and O–H groups in total. The summed E-state index contributed by atoms with van der Waals surface area (Å²) in [6, 6.07) is 6.04. The first-order valence-corrected chi connectivity index (χ1v) is 7.15. The number of anilines is 1. The number of para-hydroxylation sites is 1. The second kappa shape index (κ2) is 7.24. The summed E-state index contributed by atoms with van der Waals surface area (Å²) in [6.07, 6.45) is 3.19. The summed E-state index contributed by atoms with van der Waals surface area (Å²) in [7, 11) is 1.96. The number of nitrogens with one attached hydrogen (secondary N) is 2. The number of nitrogens with zero attached hydrogens (tertiary/aromatic N) is 1. The van der Waals surface area contributed by atoms with Crippen LogP contribution in [-0.2, 0) is 0 Å². The summed E-state index contributed by atoms with van der Waals surface area (Å²) in [5.74, 6) is 0.282. The first-order valence-electron chi connectivity index (χ1n) is 7.15. The lowest BCUT2D eigenvalue weighted by Gasteiger charge is -2.32. The van der Waals surface area contributed by atoms with Crippen molar-refractivity contribution in [2.75, 3.05) is 32.0 Å². The van der Waals surface area contributed by atoms with Crippen molar-refractivity contribution in [2.45, 2.75) is 19.3 Å². The highest BCUT2D eigenvalue weighted by Gasteiger charge is 2.22. The molecule has 2 amide bonds. The van der Waals surface area contributed by atoms with E-state index in [9.17, 15) is 9.18 Å². The molecule has 0 aliphatic carbocycles. The number of benzene rings is 1. The highest BCUT2D eigenvalue weighted by molar-refractivity contribution is 5.89.